The van der Waals surface area contributed by atoms with Crippen LogP contribution >= 0.6 is 11.6 Å². The molecule has 1 aromatic carbocycles. The maximum absolute atomic E-state index is 13.2. The number of aromatic nitrogens is 2. The van der Waals surface area contributed by atoms with E-state index < -0.39 is 0 Å². The number of fused-ring (bicyclic) bond motifs is 1. The molecule has 34 heavy (non-hydrogen) atoms. The summed E-state index contributed by atoms with van der Waals surface area (Å²) in [4.78, 5) is 40.0. The second-order valence-corrected chi connectivity index (χ2v) is 9.96. The predicted octanol–water partition coefficient (Wildman–Crippen LogP) is 2.91. The summed E-state index contributed by atoms with van der Waals surface area (Å²) < 4.78 is 5.80. The van der Waals surface area contributed by atoms with Gasteiger partial charge < -0.3 is 20.3 Å². The van der Waals surface area contributed by atoms with Gasteiger partial charge in [-0.3, -0.25) is 19.5 Å². The van der Waals surface area contributed by atoms with Gasteiger partial charge in [0.15, 0.2) is 0 Å². The van der Waals surface area contributed by atoms with Crippen molar-refractivity contribution in [2.24, 2.45) is 0 Å². The number of halogens is 1. The molecule has 2 aromatic rings. The minimum absolute atomic E-state index is 0.0978. The molecule has 184 valence electrons. The Balaban J connectivity index is 1.75. The van der Waals surface area contributed by atoms with Crippen LogP contribution in [0.5, 0.6) is 5.75 Å². The van der Waals surface area contributed by atoms with Crippen LogP contribution in [0.25, 0.3) is 0 Å². The van der Waals surface area contributed by atoms with Crippen molar-refractivity contribution >= 4 is 29.3 Å². The fourth-order valence-electron chi connectivity index (χ4n) is 3.51. The lowest BCUT2D eigenvalue weighted by atomic mass is 9.92. The average Bonchev–Trinajstić information content (AvgIpc) is 3.27. The molecule has 3 rings (SSSR count). The van der Waals surface area contributed by atoms with Crippen molar-refractivity contribution in [3.8, 4) is 5.75 Å². The first-order chi connectivity index (χ1) is 16.0. The number of rotatable bonds is 1. The molecule has 0 unspecified atom stereocenters. The smallest absolute Gasteiger partial charge is 0.274 e. The Hall–Kier alpha value is -3.07. The van der Waals surface area contributed by atoms with E-state index in [0.717, 1.165) is 5.69 Å². The number of benzene rings is 1. The average molecular weight is 490 g/mol. The Kier molecular flexibility index (Phi) is 8.19. The van der Waals surface area contributed by atoms with Crippen LogP contribution in [0.15, 0.2) is 24.3 Å². The maximum atomic E-state index is 13.2. The first-order valence-corrected chi connectivity index (χ1v) is 11.8. The van der Waals surface area contributed by atoms with E-state index in [1.54, 1.807) is 31.2 Å². The molecule has 0 saturated heterocycles. The number of ether oxygens (including phenoxy) is 1. The van der Waals surface area contributed by atoms with E-state index in [4.69, 9.17) is 16.3 Å². The Labute approximate surface area is 204 Å². The molecule has 1 aliphatic rings. The van der Waals surface area contributed by atoms with Crippen molar-refractivity contribution in [2.45, 2.75) is 52.0 Å². The molecule has 9 nitrogen and oxygen atoms in total. The van der Waals surface area contributed by atoms with Crippen LogP contribution in [-0.4, -0.2) is 65.1 Å². The number of aromatic amines is 1. The summed E-state index contributed by atoms with van der Waals surface area (Å²) in [5.74, 6) is -0.510. The van der Waals surface area contributed by atoms with Crippen molar-refractivity contribution < 1.29 is 19.1 Å². The van der Waals surface area contributed by atoms with Gasteiger partial charge in [0, 0.05) is 29.2 Å². The van der Waals surface area contributed by atoms with Gasteiger partial charge in [0.2, 0.25) is 5.91 Å². The zero-order valence-corrected chi connectivity index (χ0v) is 20.8. The Morgan fingerprint density at radius 1 is 1.21 bits per heavy atom. The van der Waals surface area contributed by atoms with Crippen molar-refractivity contribution in [1.82, 2.24) is 25.7 Å². The summed E-state index contributed by atoms with van der Waals surface area (Å²) in [6.45, 7) is 8.68. The van der Waals surface area contributed by atoms with Gasteiger partial charge in [0.25, 0.3) is 11.8 Å². The highest BCUT2D eigenvalue weighted by atomic mass is 35.5. The molecule has 1 aromatic heterocycles. The van der Waals surface area contributed by atoms with Crippen LogP contribution < -0.4 is 15.4 Å². The van der Waals surface area contributed by atoms with Gasteiger partial charge >= 0.3 is 0 Å². The van der Waals surface area contributed by atoms with E-state index in [9.17, 15) is 14.4 Å². The van der Waals surface area contributed by atoms with Crippen LogP contribution in [0.1, 0.15) is 67.1 Å². The van der Waals surface area contributed by atoms with Gasteiger partial charge in [-0.2, -0.15) is 5.10 Å². The van der Waals surface area contributed by atoms with Crippen molar-refractivity contribution in [3.63, 3.8) is 0 Å². The second kappa shape index (κ2) is 10.9. The van der Waals surface area contributed by atoms with E-state index in [1.165, 1.54) is 4.90 Å². The fraction of sp³-hybridized carbons (Fsp3) is 0.500. The molecule has 0 fully saturated rings. The van der Waals surface area contributed by atoms with Gasteiger partial charge in [-0.15, -0.1) is 0 Å². The maximum Gasteiger partial charge on any atom is 0.274 e. The fourth-order valence-corrected chi connectivity index (χ4v) is 3.68. The molecule has 3 N–H and O–H groups in total. The van der Waals surface area contributed by atoms with Crippen LogP contribution in [0.3, 0.4) is 0 Å². The van der Waals surface area contributed by atoms with Gasteiger partial charge in [-0.25, -0.2) is 0 Å². The molecule has 1 atom stereocenters. The van der Waals surface area contributed by atoms with Crippen molar-refractivity contribution in [1.29, 1.82) is 0 Å². The quantitative estimate of drug-likeness (QED) is 0.569. The zero-order chi connectivity index (χ0) is 24.9. The van der Waals surface area contributed by atoms with Gasteiger partial charge in [-0.1, -0.05) is 32.4 Å². The monoisotopic (exact) mass is 489 g/mol. The summed E-state index contributed by atoms with van der Waals surface area (Å²) >= 11 is 6.07. The van der Waals surface area contributed by atoms with E-state index in [-0.39, 0.29) is 48.0 Å². The van der Waals surface area contributed by atoms with Gasteiger partial charge in [-0.05, 0) is 44.0 Å². The molecule has 0 spiro atoms. The molecular weight excluding hydrogens is 458 g/mol. The lowest BCUT2D eigenvalue weighted by molar-refractivity contribution is -0.122. The lowest BCUT2D eigenvalue weighted by Crippen LogP contribution is -2.45. The van der Waals surface area contributed by atoms with Crippen LogP contribution in [-0.2, 0) is 10.2 Å². The van der Waals surface area contributed by atoms with Crippen LogP contribution in [0, 0.1) is 0 Å². The standard InChI is InChI=1S/C24H32ClN5O4/c1-15-14-34-19-8-7-16(25)11-17(19)22(32)26-9-5-6-10-30(13-21(31)27-15)23(33)18-12-20(29-28-18)24(2,3)4/h7-8,11-12,15H,5-6,9-10,13-14H2,1-4H3,(H,26,32)(H,27,31)(H,28,29)/t15-/m0/s1. The summed E-state index contributed by atoms with van der Waals surface area (Å²) in [6.07, 6.45) is 1.22. The van der Waals surface area contributed by atoms with Crippen molar-refractivity contribution in [3.05, 3.63) is 46.2 Å². The highest BCUT2D eigenvalue weighted by Gasteiger charge is 2.25. The number of carbonyl (C=O) groups excluding carboxylic acids is 3. The normalized spacial score (nSPS) is 18.6. The van der Waals surface area contributed by atoms with E-state index in [2.05, 4.69) is 20.8 Å². The van der Waals surface area contributed by atoms with E-state index >= 15 is 0 Å². The summed E-state index contributed by atoms with van der Waals surface area (Å²) in [5, 5.41) is 13.2. The highest BCUT2D eigenvalue weighted by molar-refractivity contribution is 6.31. The SMILES string of the molecule is C[C@H]1COc2ccc(Cl)cc2C(=O)NCCCCN(C(=O)c2cc(C(C)(C)C)[nH]n2)CC(=O)N1. The minimum Gasteiger partial charge on any atom is -0.491 e. The number of nitrogens with zero attached hydrogens (tertiary/aromatic N) is 2. The third kappa shape index (κ3) is 6.72. The first-order valence-electron chi connectivity index (χ1n) is 11.4. The first kappa shape index (κ1) is 25.6. The second-order valence-electron chi connectivity index (χ2n) is 9.53. The Morgan fingerprint density at radius 3 is 2.68 bits per heavy atom. The lowest BCUT2D eigenvalue weighted by Gasteiger charge is -2.23. The molecular formula is C24H32ClN5O4. The highest BCUT2D eigenvalue weighted by Crippen LogP contribution is 2.23. The largest absolute Gasteiger partial charge is 0.491 e. The third-order valence-electron chi connectivity index (χ3n) is 5.45. The number of amides is 3. The predicted molar refractivity (Wildman–Crippen MR) is 129 cm³/mol. The summed E-state index contributed by atoms with van der Waals surface area (Å²) in [6, 6.07) is 6.23. The van der Waals surface area contributed by atoms with Crippen molar-refractivity contribution in [2.75, 3.05) is 26.2 Å². The Morgan fingerprint density at radius 2 is 1.97 bits per heavy atom. The molecule has 10 heteroatoms. The molecule has 0 saturated carbocycles. The number of carbonyl (C=O) groups is 3. The van der Waals surface area contributed by atoms with Crippen LogP contribution in [0.2, 0.25) is 5.02 Å². The van der Waals surface area contributed by atoms with E-state index in [1.807, 2.05) is 20.8 Å². The number of nitrogens with one attached hydrogen (secondary N) is 3. The molecule has 1 aliphatic heterocycles. The Bertz CT molecular complexity index is 1050. The minimum atomic E-state index is -0.348. The molecule has 0 bridgehead atoms. The van der Waals surface area contributed by atoms with Gasteiger partial charge in [0.1, 0.15) is 18.1 Å². The zero-order valence-electron chi connectivity index (χ0n) is 20.0. The number of H-pyrrole nitrogens is 1. The number of hydrogen-bond acceptors (Lipinski definition) is 5. The van der Waals surface area contributed by atoms with Crippen LogP contribution in [0.4, 0.5) is 0 Å². The third-order valence-corrected chi connectivity index (χ3v) is 5.68. The number of hydrogen-bond donors (Lipinski definition) is 3. The molecule has 3 amide bonds. The topological polar surface area (TPSA) is 116 Å². The van der Waals surface area contributed by atoms with Gasteiger partial charge in [0.05, 0.1) is 18.2 Å². The summed E-state index contributed by atoms with van der Waals surface area (Å²) in [5.41, 5.74) is 1.26. The molecule has 0 aliphatic carbocycles. The van der Waals surface area contributed by atoms with E-state index in [0.29, 0.717) is 42.3 Å². The molecule has 2 heterocycles. The summed E-state index contributed by atoms with van der Waals surface area (Å²) in [7, 11) is 0. The molecule has 0 radical (unpaired) electrons.